The van der Waals surface area contributed by atoms with Gasteiger partial charge in [-0.05, 0) is 17.2 Å². The molecule has 0 unspecified atom stereocenters. The third-order valence-corrected chi connectivity index (χ3v) is 4.33. The molecule has 0 saturated carbocycles. The summed E-state index contributed by atoms with van der Waals surface area (Å²) in [5.74, 6) is 6.06. The van der Waals surface area contributed by atoms with Gasteiger partial charge in [-0.25, -0.2) is 0 Å². The summed E-state index contributed by atoms with van der Waals surface area (Å²) in [6, 6.07) is 10.8. The van der Waals surface area contributed by atoms with E-state index in [1.54, 1.807) is 11.3 Å². The van der Waals surface area contributed by atoms with Gasteiger partial charge in [0.15, 0.2) is 0 Å². The van der Waals surface area contributed by atoms with Crippen molar-refractivity contribution < 1.29 is 5.11 Å². The van der Waals surface area contributed by atoms with Crippen LogP contribution in [0.3, 0.4) is 0 Å². The van der Waals surface area contributed by atoms with Crippen molar-refractivity contribution >= 4 is 11.3 Å². The first-order valence-electron chi connectivity index (χ1n) is 6.81. The number of benzene rings is 1. The van der Waals surface area contributed by atoms with E-state index in [9.17, 15) is 0 Å². The summed E-state index contributed by atoms with van der Waals surface area (Å²) >= 11 is 1.77. The monoisotopic (exact) mass is 283 g/mol. The zero-order valence-electron chi connectivity index (χ0n) is 11.3. The first kappa shape index (κ1) is 13.4. The number of aliphatic hydroxyl groups excluding tert-OH is 1. The number of nitrogens with zero attached hydrogens (tertiary/aromatic N) is 1. The van der Waals surface area contributed by atoms with Gasteiger partial charge in [-0.15, -0.1) is 11.3 Å². The number of hydrogen-bond donors (Lipinski definition) is 1. The van der Waals surface area contributed by atoms with Gasteiger partial charge in [-0.3, -0.25) is 4.90 Å². The predicted octanol–water partition coefficient (Wildman–Crippen LogP) is 3.00. The Kier molecular flexibility index (Phi) is 4.17. The summed E-state index contributed by atoms with van der Waals surface area (Å²) in [5.41, 5.74) is 3.97. The molecule has 0 spiro atoms. The lowest BCUT2D eigenvalue weighted by Crippen LogP contribution is -2.14. The third kappa shape index (κ3) is 3.10. The fourth-order valence-electron chi connectivity index (χ4n) is 2.49. The fourth-order valence-corrected chi connectivity index (χ4v) is 3.34. The van der Waals surface area contributed by atoms with Gasteiger partial charge in [0.05, 0.1) is 6.61 Å². The minimum Gasteiger partial charge on any atom is -0.395 e. The van der Waals surface area contributed by atoms with E-state index in [0.29, 0.717) is 6.42 Å². The molecule has 2 aromatic rings. The zero-order valence-corrected chi connectivity index (χ0v) is 12.1. The molecule has 3 rings (SSSR count). The van der Waals surface area contributed by atoms with Crippen LogP contribution in [-0.2, 0) is 19.6 Å². The average Bonchev–Trinajstić information content (AvgIpc) is 3.05. The Hall–Kier alpha value is -1.60. The summed E-state index contributed by atoms with van der Waals surface area (Å²) in [6.45, 7) is 3.20. The summed E-state index contributed by atoms with van der Waals surface area (Å²) in [4.78, 5) is 3.81. The van der Waals surface area contributed by atoms with Gasteiger partial charge in [0.25, 0.3) is 0 Å². The molecule has 1 aliphatic heterocycles. The molecule has 1 aliphatic rings. The van der Waals surface area contributed by atoms with Crippen molar-refractivity contribution in [1.29, 1.82) is 0 Å². The molecule has 0 bridgehead atoms. The topological polar surface area (TPSA) is 23.5 Å². The molecule has 0 atom stereocenters. The van der Waals surface area contributed by atoms with Gasteiger partial charge in [-0.1, -0.05) is 36.1 Å². The largest absolute Gasteiger partial charge is 0.395 e. The number of rotatable bonds is 3. The van der Waals surface area contributed by atoms with Crippen molar-refractivity contribution in [3.05, 3.63) is 57.3 Å². The van der Waals surface area contributed by atoms with Crippen molar-refractivity contribution in [2.24, 2.45) is 0 Å². The Balaban J connectivity index is 1.62. The van der Waals surface area contributed by atoms with Crippen LogP contribution in [0.15, 0.2) is 35.7 Å². The van der Waals surface area contributed by atoms with E-state index in [-0.39, 0.29) is 6.61 Å². The summed E-state index contributed by atoms with van der Waals surface area (Å²) < 4.78 is 0. The Morgan fingerprint density at radius 1 is 1.20 bits per heavy atom. The molecular weight excluding hydrogens is 266 g/mol. The van der Waals surface area contributed by atoms with Crippen LogP contribution in [-0.4, -0.2) is 16.6 Å². The van der Waals surface area contributed by atoms with Crippen LogP contribution >= 0.6 is 11.3 Å². The molecule has 0 radical (unpaired) electrons. The van der Waals surface area contributed by atoms with E-state index in [4.69, 9.17) is 5.11 Å². The van der Waals surface area contributed by atoms with Crippen LogP contribution in [0.4, 0.5) is 0 Å². The zero-order chi connectivity index (χ0) is 13.8. The Morgan fingerprint density at radius 3 is 2.65 bits per heavy atom. The van der Waals surface area contributed by atoms with E-state index in [1.165, 1.54) is 16.0 Å². The molecule has 0 saturated heterocycles. The lowest BCUT2D eigenvalue weighted by Gasteiger charge is -2.12. The highest BCUT2D eigenvalue weighted by Crippen LogP contribution is 2.25. The van der Waals surface area contributed by atoms with Gasteiger partial charge < -0.3 is 5.11 Å². The minimum absolute atomic E-state index is 0.135. The molecule has 2 nitrogen and oxygen atoms in total. The molecule has 3 heteroatoms. The van der Waals surface area contributed by atoms with E-state index in [2.05, 4.69) is 52.5 Å². The second-order valence-corrected chi connectivity index (χ2v) is 5.99. The molecule has 0 aliphatic carbocycles. The van der Waals surface area contributed by atoms with Crippen LogP contribution < -0.4 is 0 Å². The maximum absolute atomic E-state index is 8.72. The average molecular weight is 283 g/mol. The van der Waals surface area contributed by atoms with E-state index < -0.39 is 0 Å². The first-order valence-corrected chi connectivity index (χ1v) is 7.69. The second-order valence-electron chi connectivity index (χ2n) is 4.99. The van der Waals surface area contributed by atoms with Crippen molar-refractivity contribution in [2.45, 2.75) is 26.1 Å². The van der Waals surface area contributed by atoms with Gasteiger partial charge in [0, 0.05) is 41.9 Å². The van der Waals surface area contributed by atoms with Crippen molar-refractivity contribution in [3.63, 3.8) is 0 Å². The van der Waals surface area contributed by atoms with Crippen LogP contribution in [0.1, 0.15) is 28.0 Å². The highest BCUT2D eigenvalue weighted by molar-refractivity contribution is 7.10. The summed E-state index contributed by atoms with van der Waals surface area (Å²) in [7, 11) is 0. The summed E-state index contributed by atoms with van der Waals surface area (Å²) in [5, 5.41) is 10.8. The van der Waals surface area contributed by atoms with Crippen LogP contribution in [0.5, 0.6) is 0 Å². The highest BCUT2D eigenvalue weighted by atomic mass is 32.1. The maximum Gasteiger partial charge on any atom is 0.0540 e. The maximum atomic E-state index is 8.72. The third-order valence-electron chi connectivity index (χ3n) is 3.41. The SMILES string of the molecule is OCCC#Cc1csc(CN2Cc3ccccc3C2)c1. The normalized spacial score (nSPS) is 13.8. The second kappa shape index (κ2) is 6.23. The van der Waals surface area contributed by atoms with Gasteiger partial charge in [0.2, 0.25) is 0 Å². The molecule has 2 heterocycles. The van der Waals surface area contributed by atoms with Crippen molar-refractivity contribution in [2.75, 3.05) is 6.61 Å². The van der Waals surface area contributed by atoms with Gasteiger partial charge in [0.1, 0.15) is 0 Å². The summed E-state index contributed by atoms with van der Waals surface area (Å²) in [6.07, 6.45) is 0.548. The molecular formula is C17H17NOS. The number of hydrogen-bond acceptors (Lipinski definition) is 3. The van der Waals surface area contributed by atoms with Crippen LogP contribution in [0, 0.1) is 11.8 Å². The molecule has 1 N–H and O–H groups in total. The Bertz CT molecular complexity index is 625. The van der Waals surface area contributed by atoms with Crippen LogP contribution in [0.25, 0.3) is 0 Å². The van der Waals surface area contributed by atoms with E-state index in [0.717, 1.165) is 25.2 Å². The predicted molar refractivity (Wildman–Crippen MR) is 82.3 cm³/mol. The van der Waals surface area contributed by atoms with Crippen molar-refractivity contribution in [3.8, 4) is 11.8 Å². The lowest BCUT2D eigenvalue weighted by atomic mass is 10.1. The van der Waals surface area contributed by atoms with E-state index >= 15 is 0 Å². The molecule has 0 fully saturated rings. The smallest absolute Gasteiger partial charge is 0.0540 e. The minimum atomic E-state index is 0.135. The molecule has 0 amide bonds. The van der Waals surface area contributed by atoms with Crippen LogP contribution in [0.2, 0.25) is 0 Å². The molecule has 1 aromatic heterocycles. The number of thiophene rings is 1. The highest BCUT2D eigenvalue weighted by Gasteiger charge is 2.18. The molecule has 102 valence electrons. The number of fused-ring (bicyclic) bond motifs is 1. The van der Waals surface area contributed by atoms with Crippen molar-refractivity contribution in [1.82, 2.24) is 4.90 Å². The Morgan fingerprint density at radius 2 is 1.95 bits per heavy atom. The van der Waals surface area contributed by atoms with Gasteiger partial charge >= 0.3 is 0 Å². The molecule has 20 heavy (non-hydrogen) atoms. The quantitative estimate of drug-likeness (QED) is 0.875. The lowest BCUT2D eigenvalue weighted by molar-refractivity contribution is 0.278. The van der Waals surface area contributed by atoms with Gasteiger partial charge in [-0.2, -0.15) is 0 Å². The first-order chi connectivity index (χ1) is 9.85. The standard InChI is InChI=1S/C17H17NOS/c19-8-4-3-5-14-9-17(20-13-14)12-18-10-15-6-1-2-7-16(15)11-18/h1-2,6-7,9,13,19H,4,8,10-12H2. The Labute approximate surface area is 123 Å². The van der Waals surface area contributed by atoms with E-state index in [1.807, 2.05) is 0 Å². The molecule has 1 aromatic carbocycles. The number of aliphatic hydroxyl groups is 1. The fraction of sp³-hybridized carbons (Fsp3) is 0.294.